The van der Waals surface area contributed by atoms with Gasteiger partial charge in [0.25, 0.3) is 5.56 Å². The van der Waals surface area contributed by atoms with E-state index in [0.717, 1.165) is 5.56 Å². The number of H-pyrrole nitrogens is 1. The quantitative estimate of drug-likeness (QED) is 0.746. The van der Waals surface area contributed by atoms with Crippen LogP contribution in [0.25, 0.3) is 11.2 Å². The van der Waals surface area contributed by atoms with Crippen molar-refractivity contribution in [2.24, 2.45) is 0 Å². The predicted octanol–water partition coefficient (Wildman–Crippen LogP) is 1.18. The lowest BCUT2D eigenvalue weighted by Gasteiger charge is -2.02. The molecular formula is C13H13N5O. The molecule has 2 aromatic heterocycles. The summed E-state index contributed by atoms with van der Waals surface area (Å²) < 4.78 is 1.64. The zero-order valence-electron chi connectivity index (χ0n) is 10.7. The van der Waals surface area contributed by atoms with Crippen molar-refractivity contribution in [3.63, 3.8) is 0 Å². The Labute approximate surface area is 109 Å². The van der Waals surface area contributed by atoms with Gasteiger partial charge in [-0.15, -0.1) is 5.10 Å². The van der Waals surface area contributed by atoms with Crippen molar-refractivity contribution in [3.8, 4) is 0 Å². The number of rotatable bonds is 2. The summed E-state index contributed by atoms with van der Waals surface area (Å²) in [5.41, 5.74) is 2.84. The Hall–Kier alpha value is -2.50. The van der Waals surface area contributed by atoms with Gasteiger partial charge in [-0.05, 0) is 19.4 Å². The van der Waals surface area contributed by atoms with E-state index in [1.54, 1.807) is 11.6 Å². The van der Waals surface area contributed by atoms with Crippen LogP contribution in [0, 0.1) is 13.8 Å². The molecule has 1 aromatic carbocycles. The van der Waals surface area contributed by atoms with Gasteiger partial charge < -0.3 is 4.98 Å². The van der Waals surface area contributed by atoms with Crippen molar-refractivity contribution in [1.82, 2.24) is 25.0 Å². The summed E-state index contributed by atoms with van der Waals surface area (Å²) in [5, 5.41) is 7.88. The average Bonchev–Trinajstić information content (AvgIpc) is 2.76. The van der Waals surface area contributed by atoms with Gasteiger partial charge in [0.05, 0.1) is 6.54 Å². The monoisotopic (exact) mass is 255 g/mol. The first kappa shape index (κ1) is 11.6. The van der Waals surface area contributed by atoms with Crippen LogP contribution in [-0.2, 0) is 6.54 Å². The highest BCUT2D eigenvalue weighted by molar-refractivity contribution is 5.68. The van der Waals surface area contributed by atoms with Gasteiger partial charge >= 0.3 is 0 Å². The van der Waals surface area contributed by atoms with Crippen molar-refractivity contribution in [3.05, 3.63) is 51.6 Å². The van der Waals surface area contributed by atoms with Gasteiger partial charge in [-0.1, -0.05) is 35.0 Å². The lowest BCUT2D eigenvalue weighted by atomic mass is 10.1. The fourth-order valence-electron chi connectivity index (χ4n) is 1.95. The fraction of sp³-hybridized carbons (Fsp3) is 0.231. The number of hydrogen-bond acceptors (Lipinski definition) is 4. The molecule has 3 rings (SSSR count). The zero-order valence-corrected chi connectivity index (χ0v) is 10.7. The van der Waals surface area contributed by atoms with Gasteiger partial charge in [0.2, 0.25) is 0 Å². The summed E-state index contributed by atoms with van der Waals surface area (Å²) >= 11 is 0. The van der Waals surface area contributed by atoms with E-state index in [2.05, 4.69) is 20.3 Å². The maximum absolute atomic E-state index is 11.7. The predicted molar refractivity (Wildman–Crippen MR) is 71.0 cm³/mol. The van der Waals surface area contributed by atoms with Crippen LogP contribution in [0.2, 0.25) is 0 Å². The highest BCUT2D eigenvalue weighted by atomic mass is 16.1. The minimum atomic E-state index is -0.252. The van der Waals surface area contributed by atoms with Crippen LogP contribution in [0.15, 0.2) is 29.1 Å². The largest absolute Gasteiger partial charge is 0.309 e. The van der Waals surface area contributed by atoms with E-state index in [4.69, 9.17) is 0 Å². The second kappa shape index (κ2) is 4.31. The molecule has 0 aliphatic carbocycles. The van der Waals surface area contributed by atoms with Crippen molar-refractivity contribution < 1.29 is 0 Å². The normalized spacial score (nSPS) is 11.1. The Morgan fingerprint density at radius 1 is 1.21 bits per heavy atom. The van der Waals surface area contributed by atoms with E-state index in [-0.39, 0.29) is 11.1 Å². The van der Waals surface area contributed by atoms with Gasteiger partial charge in [-0.2, -0.15) is 0 Å². The lowest BCUT2D eigenvalue weighted by molar-refractivity contribution is 0.663. The number of fused-ring (bicyclic) bond motifs is 1. The second-order valence-corrected chi connectivity index (χ2v) is 4.56. The summed E-state index contributed by atoms with van der Waals surface area (Å²) in [4.78, 5) is 18.6. The molecule has 0 aliphatic rings. The van der Waals surface area contributed by atoms with E-state index >= 15 is 0 Å². The van der Waals surface area contributed by atoms with Crippen LogP contribution in [-0.4, -0.2) is 25.0 Å². The molecule has 0 aliphatic heterocycles. The van der Waals surface area contributed by atoms with Crippen LogP contribution in [0.1, 0.15) is 17.0 Å². The molecule has 2 heterocycles. The number of aryl methyl sites for hydroxylation is 2. The summed E-state index contributed by atoms with van der Waals surface area (Å²) in [6, 6.07) is 8.14. The highest BCUT2D eigenvalue weighted by Crippen LogP contribution is 2.08. The summed E-state index contributed by atoms with van der Waals surface area (Å²) in [6.45, 7) is 4.33. The number of nitrogens with zero attached hydrogens (tertiary/aromatic N) is 4. The molecule has 6 heteroatoms. The van der Waals surface area contributed by atoms with Crippen LogP contribution >= 0.6 is 0 Å². The third kappa shape index (κ3) is 2.12. The Kier molecular flexibility index (Phi) is 2.63. The van der Waals surface area contributed by atoms with Crippen molar-refractivity contribution in [2.75, 3.05) is 0 Å². The average molecular weight is 255 g/mol. The third-order valence-electron chi connectivity index (χ3n) is 2.95. The minimum absolute atomic E-state index is 0.252. The fourth-order valence-corrected chi connectivity index (χ4v) is 1.95. The van der Waals surface area contributed by atoms with Gasteiger partial charge in [-0.25, -0.2) is 9.67 Å². The van der Waals surface area contributed by atoms with E-state index < -0.39 is 0 Å². The first-order valence-electron chi connectivity index (χ1n) is 5.99. The maximum Gasteiger partial charge on any atom is 0.281 e. The van der Waals surface area contributed by atoms with Crippen molar-refractivity contribution in [1.29, 1.82) is 0 Å². The first-order chi connectivity index (χ1) is 9.13. The number of aromatic nitrogens is 5. The van der Waals surface area contributed by atoms with Gasteiger partial charge in [0, 0.05) is 0 Å². The van der Waals surface area contributed by atoms with Crippen molar-refractivity contribution >= 4 is 11.2 Å². The molecule has 96 valence electrons. The first-order valence-corrected chi connectivity index (χ1v) is 5.99. The highest BCUT2D eigenvalue weighted by Gasteiger charge is 2.10. The molecule has 3 aromatic rings. The SMILES string of the molecule is Cc1ccc(Cn2nnc3c(=O)[nH]c(C)nc32)cc1. The number of nitrogens with one attached hydrogen (secondary N) is 1. The van der Waals surface area contributed by atoms with E-state index in [1.165, 1.54) is 5.56 Å². The second-order valence-electron chi connectivity index (χ2n) is 4.56. The third-order valence-corrected chi connectivity index (χ3v) is 2.95. The van der Waals surface area contributed by atoms with Gasteiger partial charge in [0.15, 0.2) is 11.2 Å². The van der Waals surface area contributed by atoms with E-state index in [9.17, 15) is 4.79 Å². The van der Waals surface area contributed by atoms with E-state index in [1.807, 2.05) is 31.2 Å². The molecule has 0 saturated heterocycles. The molecule has 0 saturated carbocycles. The minimum Gasteiger partial charge on any atom is -0.309 e. The van der Waals surface area contributed by atoms with Gasteiger partial charge in [-0.3, -0.25) is 4.79 Å². The molecule has 0 spiro atoms. The molecule has 0 amide bonds. The standard InChI is InChI=1S/C13H13N5O/c1-8-3-5-10(6-4-8)7-18-12-11(16-17-18)13(19)15-9(2)14-12/h3-6H,7H2,1-2H3,(H,14,15,19). The topological polar surface area (TPSA) is 76.5 Å². The Morgan fingerprint density at radius 3 is 2.68 bits per heavy atom. The zero-order chi connectivity index (χ0) is 13.4. The van der Waals surface area contributed by atoms with Crippen LogP contribution in [0.4, 0.5) is 0 Å². The molecular weight excluding hydrogens is 242 g/mol. The van der Waals surface area contributed by atoms with Crippen LogP contribution < -0.4 is 5.56 Å². The Bertz CT molecular complexity index is 785. The van der Waals surface area contributed by atoms with Crippen LogP contribution in [0.3, 0.4) is 0 Å². The molecule has 19 heavy (non-hydrogen) atoms. The molecule has 0 radical (unpaired) electrons. The maximum atomic E-state index is 11.7. The molecule has 6 nitrogen and oxygen atoms in total. The Morgan fingerprint density at radius 2 is 1.95 bits per heavy atom. The van der Waals surface area contributed by atoms with Crippen molar-refractivity contribution in [2.45, 2.75) is 20.4 Å². The summed E-state index contributed by atoms with van der Waals surface area (Å²) in [5.74, 6) is 0.560. The van der Waals surface area contributed by atoms with Crippen LogP contribution in [0.5, 0.6) is 0 Å². The molecule has 1 N–H and O–H groups in total. The smallest absolute Gasteiger partial charge is 0.281 e. The van der Waals surface area contributed by atoms with Gasteiger partial charge in [0.1, 0.15) is 5.82 Å². The summed E-state index contributed by atoms with van der Waals surface area (Å²) in [6.07, 6.45) is 0. The molecule has 0 bridgehead atoms. The lowest BCUT2D eigenvalue weighted by Crippen LogP contribution is -2.11. The van der Waals surface area contributed by atoms with E-state index in [0.29, 0.717) is 18.0 Å². The number of hydrogen-bond donors (Lipinski definition) is 1. The molecule has 0 unspecified atom stereocenters. The summed E-state index contributed by atoms with van der Waals surface area (Å²) in [7, 11) is 0. The Balaban J connectivity index is 2.06. The number of aromatic amines is 1. The molecule has 0 atom stereocenters. The number of benzene rings is 1. The molecule has 0 fully saturated rings.